The van der Waals surface area contributed by atoms with Gasteiger partial charge >= 0.3 is 6.03 Å². The van der Waals surface area contributed by atoms with Gasteiger partial charge in [0.1, 0.15) is 0 Å². The second kappa shape index (κ2) is 7.44. The Kier molecular flexibility index (Phi) is 5.28. The van der Waals surface area contributed by atoms with E-state index in [1.54, 1.807) is 4.90 Å². The van der Waals surface area contributed by atoms with E-state index in [-0.39, 0.29) is 12.1 Å². The first-order valence-corrected chi connectivity index (χ1v) is 9.10. The minimum absolute atomic E-state index is 0.0629. The maximum absolute atomic E-state index is 12.7. The standard InChI is InChI=1S/C21H28N2O2/c1-21(2,19-13-8-10-16-9-4-5-12-18(16)19)22-20(24)23(3)15-17-11-6-7-14-25-17/h4-5,8-10,12-13,17H,6-7,11,14-15H2,1-3H3,(H,22,24). The Morgan fingerprint density at radius 2 is 1.96 bits per heavy atom. The maximum atomic E-state index is 12.7. The molecule has 25 heavy (non-hydrogen) atoms. The first-order valence-electron chi connectivity index (χ1n) is 9.10. The van der Waals surface area contributed by atoms with Gasteiger partial charge in [-0.25, -0.2) is 4.79 Å². The van der Waals surface area contributed by atoms with Crippen LogP contribution in [0.5, 0.6) is 0 Å². The monoisotopic (exact) mass is 340 g/mol. The van der Waals surface area contributed by atoms with Crippen molar-refractivity contribution in [1.29, 1.82) is 0 Å². The van der Waals surface area contributed by atoms with Gasteiger partial charge in [0, 0.05) is 20.2 Å². The highest BCUT2D eigenvalue weighted by molar-refractivity contribution is 5.87. The molecule has 1 heterocycles. The highest BCUT2D eigenvalue weighted by atomic mass is 16.5. The van der Waals surface area contributed by atoms with Crippen molar-refractivity contribution in [1.82, 2.24) is 10.2 Å². The Balaban J connectivity index is 1.72. The molecule has 2 aromatic carbocycles. The molecule has 1 aliphatic heterocycles. The lowest BCUT2D eigenvalue weighted by Gasteiger charge is -2.33. The molecule has 0 saturated carbocycles. The van der Waals surface area contributed by atoms with E-state index in [1.807, 2.05) is 25.2 Å². The zero-order chi connectivity index (χ0) is 17.9. The fourth-order valence-corrected chi connectivity index (χ4v) is 3.54. The largest absolute Gasteiger partial charge is 0.376 e. The molecule has 2 aromatic rings. The highest BCUT2D eigenvalue weighted by Crippen LogP contribution is 2.28. The predicted molar refractivity (Wildman–Crippen MR) is 102 cm³/mol. The van der Waals surface area contributed by atoms with Crippen LogP contribution in [0.25, 0.3) is 10.8 Å². The van der Waals surface area contributed by atoms with Crippen LogP contribution < -0.4 is 5.32 Å². The van der Waals surface area contributed by atoms with Crippen LogP contribution in [0.15, 0.2) is 42.5 Å². The second-order valence-electron chi connectivity index (χ2n) is 7.45. The summed E-state index contributed by atoms with van der Waals surface area (Å²) in [7, 11) is 1.84. The molecule has 0 radical (unpaired) electrons. The Bertz CT molecular complexity index is 730. The van der Waals surface area contributed by atoms with Crippen molar-refractivity contribution >= 4 is 16.8 Å². The number of hydrogen-bond donors (Lipinski definition) is 1. The first kappa shape index (κ1) is 17.7. The Hall–Kier alpha value is -2.07. The number of carbonyl (C=O) groups excluding carboxylic acids is 1. The molecule has 2 amide bonds. The van der Waals surface area contributed by atoms with Crippen LogP contribution in [0.3, 0.4) is 0 Å². The van der Waals surface area contributed by atoms with Crippen LogP contribution in [-0.2, 0) is 10.3 Å². The van der Waals surface area contributed by atoms with Crippen LogP contribution in [0.2, 0.25) is 0 Å². The van der Waals surface area contributed by atoms with Crippen molar-refractivity contribution in [2.45, 2.75) is 44.8 Å². The zero-order valence-corrected chi connectivity index (χ0v) is 15.4. The molecule has 134 valence electrons. The van der Waals surface area contributed by atoms with E-state index in [0.29, 0.717) is 6.54 Å². The summed E-state index contributed by atoms with van der Waals surface area (Å²) in [5.74, 6) is 0. The number of carbonyl (C=O) groups is 1. The Labute approximate surface area is 150 Å². The molecule has 1 saturated heterocycles. The number of amides is 2. The van der Waals surface area contributed by atoms with Crippen LogP contribution in [0, 0.1) is 0 Å². The summed E-state index contributed by atoms with van der Waals surface area (Å²) in [4.78, 5) is 14.4. The molecule has 0 aromatic heterocycles. The number of urea groups is 1. The highest BCUT2D eigenvalue weighted by Gasteiger charge is 2.27. The summed E-state index contributed by atoms with van der Waals surface area (Å²) in [5.41, 5.74) is 0.667. The van der Waals surface area contributed by atoms with E-state index in [2.05, 4.69) is 43.4 Å². The summed E-state index contributed by atoms with van der Waals surface area (Å²) in [6, 6.07) is 14.5. The minimum Gasteiger partial charge on any atom is -0.376 e. The van der Waals surface area contributed by atoms with E-state index >= 15 is 0 Å². The van der Waals surface area contributed by atoms with Gasteiger partial charge in [-0.2, -0.15) is 0 Å². The predicted octanol–water partition coefficient (Wildman–Crippen LogP) is 4.29. The van der Waals surface area contributed by atoms with Gasteiger partial charge < -0.3 is 15.0 Å². The first-order chi connectivity index (χ1) is 12.0. The van der Waals surface area contributed by atoms with Crippen molar-refractivity contribution in [2.75, 3.05) is 20.2 Å². The van der Waals surface area contributed by atoms with Gasteiger partial charge in [-0.15, -0.1) is 0 Å². The topological polar surface area (TPSA) is 41.6 Å². The van der Waals surface area contributed by atoms with E-state index in [4.69, 9.17) is 4.74 Å². The van der Waals surface area contributed by atoms with Crippen molar-refractivity contribution in [3.8, 4) is 0 Å². The van der Waals surface area contributed by atoms with Crippen LogP contribution in [0.4, 0.5) is 4.79 Å². The Morgan fingerprint density at radius 1 is 1.20 bits per heavy atom. The second-order valence-corrected chi connectivity index (χ2v) is 7.45. The molecule has 1 atom stereocenters. The zero-order valence-electron chi connectivity index (χ0n) is 15.4. The fraction of sp³-hybridized carbons (Fsp3) is 0.476. The molecule has 1 unspecified atom stereocenters. The van der Waals surface area contributed by atoms with Gasteiger partial charge in [-0.3, -0.25) is 0 Å². The number of nitrogens with one attached hydrogen (secondary N) is 1. The number of rotatable bonds is 4. The summed E-state index contributed by atoms with van der Waals surface area (Å²) in [6.07, 6.45) is 3.50. The molecular formula is C21H28N2O2. The number of nitrogens with zero attached hydrogens (tertiary/aromatic N) is 1. The van der Waals surface area contributed by atoms with Crippen molar-refractivity contribution in [3.63, 3.8) is 0 Å². The van der Waals surface area contributed by atoms with E-state index in [1.165, 1.54) is 17.2 Å². The van der Waals surface area contributed by atoms with Crippen LogP contribution >= 0.6 is 0 Å². The van der Waals surface area contributed by atoms with E-state index in [0.717, 1.165) is 25.0 Å². The summed E-state index contributed by atoms with van der Waals surface area (Å²) in [5, 5.41) is 5.55. The van der Waals surface area contributed by atoms with Gasteiger partial charge in [0.15, 0.2) is 0 Å². The van der Waals surface area contributed by atoms with Crippen LogP contribution in [-0.4, -0.2) is 37.2 Å². The number of ether oxygens (including phenoxy) is 1. The average molecular weight is 340 g/mol. The van der Waals surface area contributed by atoms with E-state index < -0.39 is 5.54 Å². The molecule has 0 spiro atoms. The van der Waals surface area contributed by atoms with Gasteiger partial charge in [-0.05, 0) is 49.4 Å². The smallest absolute Gasteiger partial charge is 0.317 e. The van der Waals surface area contributed by atoms with Crippen LogP contribution in [0.1, 0.15) is 38.7 Å². The molecule has 4 heteroatoms. The summed E-state index contributed by atoms with van der Waals surface area (Å²) in [6.45, 7) is 5.55. The molecule has 3 rings (SSSR count). The molecule has 1 aliphatic rings. The number of hydrogen-bond acceptors (Lipinski definition) is 2. The van der Waals surface area contributed by atoms with E-state index in [9.17, 15) is 4.79 Å². The Morgan fingerprint density at radius 3 is 2.72 bits per heavy atom. The third kappa shape index (κ3) is 4.13. The number of likely N-dealkylation sites (N-methyl/N-ethyl adjacent to an activating group) is 1. The fourth-order valence-electron chi connectivity index (χ4n) is 3.54. The molecule has 1 fully saturated rings. The third-order valence-corrected chi connectivity index (χ3v) is 4.98. The SMILES string of the molecule is CN(CC1CCCCO1)C(=O)NC(C)(C)c1cccc2ccccc12. The molecule has 0 bridgehead atoms. The number of fused-ring (bicyclic) bond motifs is 1. The lowest BCUT2D eigenvalue weighted by molar-refractivity contribution is 0.00348. The lowest BCUT2D eigenvalue weighted by Crippen LogP contribution is -2.49. The van der Waals surface area contributed by atoms with Gasteiger partial charge in [-0.1, -0.05) is 42.5 Å². The molecule has 4 nitrogen and oxygen atoms in total. The molecule has 1 N–H and O–H groups in total. The maximum Gasteiger partial charge on any atom is 0.317 e. The lowest BCUT2D eigenvalue weighted by atomic mass is 9.89. The summed E-state index contributed by atoms with van der Waals surface area (Å²) >= 11 is 0. The normalized spacial score (nSPS) is 18.1. The summed E-state index contributed by atoms with van der Waals surface area (Å²) < 4.78 is 5.75. The van der Waals surface area contributed by atoms with Crippen molar-refractivity contribution in [3.05, 3.63) is 48.0 Å². The number of benzene rings is 2. The van der Waals surface area contributed by atoms with Gasteiger partial charge in [0.25, 0.3) is 0 Å². The van der Waals surface area contributed by atoms with Gasteiger partial charge in [0.2, 0.25) is 0 Å². The minimum atomic E-state index is -0.459. The quantitative estimate of drug-likeness (QED) is 0.902. The van der Waals surface area contributed by atoms with Gasteiger partial charge in [0.05, 0.1) is 11.6 Å². The third-order valence-electron chi connectivity index (χ3n) is 4.98. The average Bonchev–Trinajstić information content (AvgIpc) is 2.61. The van der Waals surface area contributed by atoms with Crippen molar-refractivity contribution < 1.29 is 9.53 Å². The molecule has 0 aliphatic carbocycles. The van der Waals surface area contributed by atoms with Crippen molar-refractivity contribution in [2.24, 2.45) is 0 Å². The molecular weight excluding hydrogens is 312 g/mol.